The summed E-state index contributed by atoms with van der Waals surface area (Å²) in [5.41, 5.74) is 1.12. The minimum absolute atomic E-state index is 0.184. The number of hydrogen-bond donors (Lipinski definition) is 2. The number of aliphatic hydroxyl groups excluding tert-OH is 1. The molecular formula is C12H12ClNO4S. The van der Waals surface area contributed by atoms with Gasteiger partial charge in [-0.1, -0.05) is 17.7 Å². The van der Waals surface area contributed by atoms with E-state index in [1.54, 1.807) is 19.1 Å². The van der Waals surface area contributed by atoms with Crippen LogP contribution in [0.15, 0.2) is 39.8 Å². The van der Waals surface area contributed by atoms with Crippen molar-refractivity contribution in [3.63, 3.8) is 0 Å². The maximum atomic E-state index is 12.1. The first kappa shape index (κ1) is 13.9. The van der Waals surface area contributed by atoms with Gasteiger partial charge in [0.05, 0.1) is 5.69 Å². The normalized spacial score (nSPS) is 11.5. The Kier molecular flexibility index (Phi) is 3.84. The largest absolute Gasteiger partial charge is 0.445 e. The number of anilines is 1. The van der Waals surface area contributed by atoms with Gasteiger partial charge in [-0.15, -0.1) is 0 Å². The van der Waals surface area contributed by atoms with Crippen LogP contribution in [0.5, 0.6) is 0 Å². The van der Waals surface area contributed by atoms with E-state index in [1.165, 1.54) is 18.2 Å². The van der Waals surface area contributed by atoms with Crippen LogP contribution in [-0.4, -0.2) is 13.5 Å². The number of aryl methyl sites for hydroxylation is 1. The molecule has 0 amide bonds. The fourth-order valence-electron chi connectivity index (χ4n) is 1.49. The molecule has 1 heterocycles. The summed E-state index contributed by atoms with van der Waals surface area (Å²) in [7, 11) is -3.83. The van der Waals surface area contributed by atoms with E-state index in [9.17, 15) is 8.42 Å². The summed E-state index contributed by atoms with van der Waals surface area (Å²) in [4.78, 5) is 0. The quantitative estimate of drug-likeness (QED) is 0.909. The predicted molar refractivity (Wildman–Crippen MR) is 71.6 cm³/mol. The molecule has 19 heavy (non-hydrogen) atoms. The molecule has 1 aromatic carbocycles. The van der Waals surface area contributed by atoms with Gasteiger partial charge >= 0.3 is 0 Å². The van der Waals surface area contributed by atoms with Crippen LogP contribution in [0.25, 0.3) is 0 Å². The first-order chi connectivity index (χ1) is 8.92. The van der Waals surface area contributed by atoms with Gasteiger partial charge in [-0.25, -0.2) is 0 Å². The molecule has 0 unspecified atom stereocenters. The van der Waals surface area contributed by atoms with Gasteiger partial charge in [-0.3, -0.25) is 4.72 Å². The second-order valence-electron chi connectivity index (χ2n) is 3.94. The van der Waals surface area contributed by atoms with Gasteiger partial charge in [0, 0.05) is 5.02 Å². The van der Waals surface area contributed by atoms with Crippen LogP contribution in [-0.2, 0) is 16.6 Å². The average molecular weight is 302 g/mol. The first-order valence-corrected chi connectivity index (χ1v) is 7.27. The second kappa shape index (κ2) is 5.24. The Morgan fingerprint density at radius 1 is 1.32 bits per heavy atom. The third-order valence-corrected chi connectivity index (χ3v) is 3.97. The second-order valence-corrected chi connectivity index (χ2v) is 5.99. The topological polar surface area (TPSA) is 79.5 Å². The molecule has 0 aliphatic carbocycles. The molecular weight excluding hydrogens is 290 g/mol. The zero-order chi connectivity index (χ0) is 14.0. The molecule has 2 N–H and O–H groups in total. The number of furan rings is 1. The van der Waals surface area contributed by atoms with E-state index >= 15 is 0 Å². The molecule has 1 aromatic heterocycles. The van der Waals surface area contributed by atoms with Gasteiger partial charge in [0.15, 0.2) is 0 Å². The molecule has 2 aromatic rings. The number of sulfonamides is 1. The Hall–Kier alpha value is -1.50. The predicted octanol–water partition coefficient (Wildman–Crippen LogP) is 2.53. The van der Waals surface area contributed by atoms with Crippen molar-refractivity contribution in [1.82, 2.24) is 0 Å². The highest BCUT2D eigenvalue weighted by molar-refractivity contribution is 7.92. The lowest BCUT2D eigenvalue weighted by Crippen LogP contribution is -2.13. The monoisotopic (exact) mass is 301 g/mol. The highest BCUT2D eigenvalue weighted by Crippen LogP contribution is 2.24. The fourth-order valence-corrected chi connectivity index (χ4v) is 2.73. The summed E-state index contributed by atoms with van der Waals surface area (Å²) in [6, 6.07) is 7.59. The SMILES string of the molecule is Cc1ccc(Cl)cc1NS(=O)(=O)c1ccc(CO)o1. The molecule has 0 aliphatic heterocycles. The summed E-state index contributed by atoms with van der Waals surface area (Å²) >= 11 is 5.83. The van der Waals surface area contributed by atoms with Crippen LogP contribution in [0.4, 0.5) is 5.69 Å². The van der Waals surface area contributed by atoms with Gasteiger partial charge in [-0.05, 0) is 36.8 Å². The van der Waals surface area contributed by atoms with Crippen molar-refractivity contribution < 1.29 is 17.9 Å². The lowest BCUT2D eigenvalue weighted by Gasteiger charge is -2.09. The number of nitrogens with one attached hydrogen (secondary N) is 1. The number of benzene rings is 1. The van der Waals surface area contributed by atoms with Crippen molar-refractivity contribution in [2.75, 3.05) is 4.72 Å². The van der Waals surface area contributed by atoms with Crippen LogP contribution in [0.3, 0.4) is 0 Å². The highest BCUT2D eigenvalue weighted by Gasteiger charge is 2.19. The molecule has 0 fully saturated rings. The van der Waals surface area contributed by atoms with Crippen LogP contribution >= 0.6 is 11.6 Å². The molecule has 0 radical (unpaired) electrons. The molecule has 0 saturated heterocycles. The van der Waals surface area contributed by atoms with E-state index in [0.717, 1.165) is 5.56 Å². The Labute approximate surface area is 115 Å². The van der Waals surface area contributed by atoms with Crippen LogP contribution in [0, 0.1) is 6.92 Å². The molecule has 0 saturated carbocycles. The molecule has 0 bridgehead atoms. The minimum Gasteiger partial charge on any atom is -0.445 e. The van der Waals surface area contributed by atoms with E-state index in [2.05, 4.69) is 4.72 Å². The van der Waals surface area contributed by atoms with Gasteiger partial charge in [0.25, 0.3) is 10.0 Å². The summed E-state index contributed by atoms with van der Waals surface area (Å²) in [5.74, 6) is 0.184. The summed E-state index contributed by atoms with van der Waals surface area (Å²) in [5, 5.41) is 9.04. The van der Waals surface area contributed by atoms with Crippen molar-refractivity contribution in [2.24, 2.45) is 0 Å². The zero-order valence-electron chi connectivity index (χ0n) is 10.1. The molecule has 2 rings (SSSR count). The van der Waals surface area contributed by atoms with E-state index in [0.29, 0.717) is 10.7 Å². The van der Waals surface area contributed by atoms with E-state index in [1.807, 2.05) is 0 Å². The van der Waals surface area contributed by atoms with E-state index in [4.69, 9.17) is 21.1 Å². The Balaban J connectivity index is 2.33. The summed E-state index contributed by atoms with van der Waals surface area (Å²) < 4.78 is 31.5. The maximum absolute atomic E-state index is 12.1. The van der Waals surface area contributed by atoms with E-state index < -0.39 is 10.0 Å². The summed E-state index contributed by atoms with van der Waals surface area (Å²) in [6.45, 7) is 1.40. The van der Waals surface area contributed by atoms with Gasteiger partial charge in [0.1, 0.15) is 12.4 Å². The minimum atomic E-state index is -3.83. The number of aliphatic hydroxyl groups is 1. The van der Waals surface area contributed by atoms with Gasteiger partial charge in [0.2, 0.25) is 5.09 Å². The maximum Gasteiger partial charge on any atom is 0.295 e. The van der Waals surface area contributed by atoms with Crippen molar-refractivity contribution in [3.8, 4) is 0 Å². The third kappa shape index (κ3) is 3.09. The molecule has 0 atom stereocenters. The van der Waals surface area contributed by atoms with Crippen molar-refractivity contribution in [1.29, 1.82) is 0 Å². The molecule has 5 nitrogen and oxygen atoms in total. The number of rotatable bonds is 4. The lowest BCUT2D eigenvalue weighted by atomic mass is 10.2. The van der Waals surface area contributed by atoms with Gasteiger partial charge in [-0.2, -0.15) is 8.42 Å². The van der Waals surface area contributed by atoms with Crippen molar-refractivity contribution in [2.45, 2.75) is 18.6 Å². The number of hydrogen-bond acceptors (Lipinski definition) is 4. The van der Waals surface area contributed by atoms with Crippen molar-refractivity contribution in [3.05, 3.63) is 46.7 Å². The summed E-state index contributed by atoms with van der Waals surface area (Å²) in [6.07, 6.45) is 0. The Bertz CT molecular complexity index is 694. The molecule has 0 spiro atoms. The molecule has 0 aliphatic rings. The Morgan fingerprint density at radius 2 is 2.05 bits per heavy atom. The Morgan fingerprint density at radius 3 is 2.68 bits per heavy atom. The zero-order valence-corrected chi connectivity index (χ0v) is 11.6. The van der Waals surface area contributed by atoms with Crippen molar-refractivity contribution >= 4 is 27.3 Å². The average Bonchev–Trinajstić information content (AvgIpc) is 2.83. The fraction of sp³-hybridized carbons (Fsp3) is 0.167. The lowest BCUT2D eigenvalue weighted by molar-refractivity contribution is 0.236. The van der Waals surface area contributed by atoms with Gasteiger partial charge < -0.3 is 9.52 Å². The molecule has 7 heteroatoms. The first-order valence-electron chi connectivity index (χ1n) is 5.41. The molecule has 102 valence electrons. The smallest absolute Gasteiger partial charge is 0.295 e. The van der Waals surface area contributed by atoms with Crippen LogP contribution in [0.1, 0.15) is 11.3 Å². The van der Waals surface area contributed by atoms with Crippen LogP contribution in [0.2, 0.25) is 5.02 Å². The highest BCUT2D eigenvalue weighted by atomic mass is 35.5. The van der Waals surface area contributed by atoms with E-state index in [-0.39, 0.29) is 17.5 Å². The number of halogens is 1. The standard InChI is InChI=1S/C12H12ClNO4S/c1-8-2-3-9(13)6-11(8)14-19(16,17)12-5-4-10(7-15)18-12/h2-6,14-15H,7H2,1H3. The third-order valence-electron chi connectivity index (χ3n) is 2.50. The van der Waals surface area contributed by atoms with Crippen LogP contribution < -0.4 is 4.72 Å².